The quantitative estimate of drug-likeness (QED) is 0.269. The average Bonchev–Trinajstić information content (AvgIpc) is 3.25. The second-order valence-corrected chi connectivity index (χ2v) is 12.1. The molecule has 1 saturated heterocycles. The maximum Gasteiger partial charge on any atom is 0.251 e. The number of likely N-dealkylation sites (tertiary alicyclic amines) is 1. The highest BCUT2D eigenvalue weighted by molar-refractivity contribution is 6.32. The third-order valence-corrected chi connectivity index (χ3v) is 7.54. The molecule has 1 aliphatic rings. The van der Waals surface area contributed by atoms with Crippen LogP contribution in [-0.4, -0.2) is 62.1 Å². The van der Waals surface area contributed by atoms with Gasteiger partial charge in [0.25, 0.3) is 5.91 Å². The SMILES string of the molecule is C=Cc1c(/C=C\C)oc2ccc(CN3CCC(Oc4ccc(C(=O)NCC(C)(C)CN(C)C)cc4Cl)CC3)cc12. The summed E-state index contributed by atoms with van der Waals surface area (Å²) in [4.78, 5) is 17.3. The number of carbonyl (C=O) groups excluding carboxylic acids is 1. The van der Waals surface area contributed by atoms with Gasteiger partial charge in [-0.05, 0) is 81.2 Å². The Morgan fingerprint density at radius 3 is 2.62 bits per heavy atom. The number of ether oxygens (including phenoxy) is 1. The normalized spacial score (nSPS) is 15.3. The third-order valence-electron chi connectivity index (χ3n) is 7.24. The van der Waals surface area contributed by atoms with E-state index in [9.17, 15) is 4.79 Å². The van der Waals surface area contributed by atoms with Crippen molar-refractivity contribution in [3.05, 3.63) is 76.5 Å². The zero-order chi connectivity index (χ0) is 28.9. The molecular weight excluding hydrogens is 522 g/mol. The number of allylic oxidation sites excluding steroid dienone is 1. The minimum atomic E-state index is -0.125. The van der Waals surface area contributed by atoms with Crippen LogP contribution in [0.3, 0.4) is 0 Å². The van der Waals surface area contributed by atoms with Gasteiger partial charge in [0.05, 0.1) is 5.02 Å². The van der Waals surface area contributed by atoms with E-state index in [1.807, 2.05) is 45.3 Å². The third kappa shape index (κ3) is 7.57. The lowest BCUT2D eigenvalue weighted by Crippen LogP contribution is -2.40. The number of hydrogen-bond donors (Lipinski definition) is 1. The lowest BCUT2D eigenvalue weighted by molar-refractivity contribution is 0.0928. The summed E-state index contributed by atoms with van der Waals surface area (Å²) in [7, 11) is 4.07. The number of hydrogen-bond acceptors (Lipinski definition) is 5. The van der Waals surface area contributed by atoms with E-state index in [0.717, 1.165) is 61.3 Å². The fraction of sp³-hybridized carbons (Fsp3) is 0.424. The molecule has 6 nitrogen and oxygen atoms in total. The van der Waals surface area contributed by atoms with Crippen molar-refractivity contribution in [1.29, 1.82) is 0 Å². The number of piperidine rings is 1. The highest BCUT2D eigenvalue weighted by Gasteiger charge is 2.23. The van der Waals surface area contributed by atoms with Gasteiger partial charge >= 0.3 is 0 Å². The van der Waals surface area contributed by atoms with Crippen molar-refractivity contribution in [2.24, 2.45) is 5.41 Å². The first-order chi connectivity index (χ1) is 19.1. The van der Waals surface area contributed by atoms with E-state index in [1.54, 1.807) is 12.1 Å². The van der Waals surface area contributed by atoms with Crippen LogP contribution in [0.2, 0.25) is 5.02 Å². The summed E-state index contributed by atoms with van der Waals surface area (Å²) >= 11 is 6.54. The monoisotopic (exact) mass is 563 g/mol. The van der Waals surface area contributed by atoms with Gasteiger partial charge in [-0.3, -0.25) is 9.69 Å². The molecule has 1 N–H and O–H groups in total. The van der Waals surface area contributed by atoms with Gasteiger partial charge in [-0.15, -0.1) is 0 Å². The lowest BCUT2D eigenvalue weighted by Gasteiger charge is -2.32. The highest BCUT2D eigenvalue weighted by Crippen LogP contribution is 2.31. The Hall–Kier alpha value is -3.06. The van der Waals surface area contributed by atoms with Crippen LogP contribution >= 0.6 is 11.6 Å². The van der Waals surface area contributed by atoms with E-state index in [0.29, 0.717) is 22.9 Å². The van der Waals surface area contributed by atoms with Gasteiger partial charge in [-0.25, -0.2) is 0 Å². The van der Waals surface area contributed by atoms with E-state index in [2.05, 4.69) is 53.7 Å². The van der Waals surface area contributed by atoms with E-state index in [4.69, 9.17) is 20.8 Å². The summed E-state index contributed by atoms with van der Waals surface area (Å²) in [5, 5.41) is 4.60. The number of furan rings is 1. The van der Waals surface area contributed by atoms with Crippen LogP contribution in [0, 0.1) is 5.41 Å². The van der Waals surface area contributed by atoms with Gasteiger partial charge in [-0.1, -0.05) is 50.2 Å². The smallest absolute Gasteiger partial charge is 0.251 e. The molecule has 2 heterocycles. The highest BCUT2D eigenvalue weighted by atomic mass is 35.5. The topological polar surface area (TPSA) is 58.0 Å². The first kappa shape index (κ1) is 29.9. The molecule has 1 aromatic heterocycles. The molecule has 4 rings (SSSR count). The molecule has 40 heavy (non-hydrogen) atoms. The number of fused-ring (bicyclic) bond motifs is 1. The standard InChI is InChI=1S/C33H42ClN3O3/c1-7-9-29-26(8-2)27-18-23(10-12-30(27)40-29)20-37-16-14-25(15-17-37)39-31-13-11-24(19-28(31)34)32(38)35-21-33(3,4)22-36(5)6/h7-13,18-19,25H,2,14-17,20-22H2,1,3-6H3,(H,35,38)/b9-7-. The molecule has 0 radical (unpaired) electrons. The summed E-state index contributed by atoms with van der Waals surface area (Å²) in [6.07, 6.45) is 7.74. The van der Waals surface area contributed by atoms with Gasteiger partial charge in [0.15, 0.2) is 0 Å². The summed E-state index contributed by atoms with van der Waals surface area (Å²) in [5.41, 5.74) is 3.68. The molecule has 1 aliphatic heterocycles. The van der Waals surface area contributed by atoms with Gasteiger partial charge in [0.2, 0.25) is 0 Å². The molecule has 1 amide bonds. The zero-order valence-electron chi connectivity index (χ0n) is 24.4. The second kappa shape index (κ2) is 13.1. The van der Waals surface area contributed by atoms with Crippen molar-refractivity contribution in [2.75, 3.05) is 40.3 Å². The predicted octanol–water partition coefficient (Wildman–Crippen LogP) is 7.12. The van der Waals surface area contributed by atoms with Crippen LogP contribution < -0.4 is 10.1 Å². The number of nitrogens with one attached hydrogen (secondary N) is 1. The number of benzene rings is 2. The molecule has 1 fully saturated rings. The Bertz CT molecular complexity index is 1370. The van der Waals surface area contributed by atoms with Crippen LogP contribution in [0.25, 0.3) is 23.1 Å². The molecule has 0 atom stereocenters. The van der Waals surface area contributed by atoms with E-state index in [1.165, 1.54) is 5.56 Å². The van der Waals surface area contributed by atoms with Crippen molar-refractivity contribution in [1.82, 2.24) is 15.1 Å². The number of nitrogens with zero attached hydrogens (tertiary/aromatic N) is 2. The number of carbonyl (C=O) groups is 1. The number of rotatable bonds is 11. The van der Waals surface area contributed by atoms with Crippen molar-refractivity contribution in [3.8, 4) is 5.75 Å². The second-order valence-electron chi connectivity index (χ2n) is 11.7. The maximum atomic E-state index is 12.7. The predicted molar refractivity (Wildman–Crippen MR) is 166 cm³/mol. The Kier molecular flexibility index (Phi) is 9.77. The molecule has 0 spiro atoms. The Morgan fingerprint density at radius 2 is 1.98 bits per heavy atom. The van der Waals surface area contributed by atoms with Gasteiger partial charge < -0.3 is 19.4 Å². The molecule has 0 aliphatic carbocycles. The summed E-state index contributed by atoms with van der Waals surface area (Å²) in [6, 6.07) is 11.7. The van der Waals surface area contributed by atoms with E-state index < -0.39 is 0 Å². The Balaban J connectivity index is 1.30. The molecule has 7 heteroatoms. The Morgan fingerprint density at radius 1 is 1.23 bits per heavy atom. The first-order valence-electron chi connectivity index (χ1n) is 14.0. The van der Waals surface area contributed by atoms with Crippen LogP contribution in [0.15, 0.2) is 53.5 Å². The van der Waals surface area contributed by atoms with E-state index in [-0.39, 0.29) is 17.4 Å². The van der Waals surface area contributed by atoms with Crippen LogP contribution in [-0.2, 0) is 6.54 Å². The zero-order valence-corrected chi connectivity index (χ0v) is 25.2. The number of halogens is 1. The minimum absolute atomic E-state index is 0.0306. The molecule has 3 aromatic rings. The Labute approximate surface area is 243 Å². The summed E-state index contributed by atoms with van der Waals surface area (Å²) in [6.45, 7) is 14.5. The fourth-order valence-corrected chi connectivity index (χ4v) is 5.69. The average molecular weight is 564 g/mol. The fourth-order valence-electron chi connectivity index (χ4n) is 5.46. The van der Waals surface area contributed by atoms with Gasteiger partial charge in [-0.2, -0.15) is 0 Å². The molecule has 0 unspecified atom stereocenters. The molecule has 0 saturated carbocycles. The summed E-state index contributed by atoms with van der Waals surface area (Å²) < 4.78 is 12.3. The molecular formula is C33H42ClN3O3. The molecule has 214 valence electrons. The van der Waals surface area contributed by atoms with Crippen molar-refractivity contribution in [3.63, 3.8) is 0 Å². The van der Waals surface area contributed by atoms with Gasteiger partial charge in [0, 0.05) is 49.2 Å². The molecule has 2 aromatic carbocycles. The minimum Gasteiger partial charge on any atom is -0.489 e. The largest absolute Gasteiger partial charge is 0.489 e. The summed E-state index contributed by atoms with van der Waals surface area (Å²) in [5.74, 6) is 1.35. The van der Waals surface area contributed by atoms with Gasteiger partial charge in [0.1, 0.15) is 23.2 Å². The van der Waals surface area contributed by atoms with Crippen LogP contribution in [0.4, 0.5) is 0 Å². The van der Waals surface area contributed by atoms with Crippen molar-refractivity contribution < 1.29 is 13.9 Å². The van der Waals surface area contributed by atoms with Crippen LogP contribution in [0.1, 0.15) is 60.9 Å². The number of amides is 1. The molecule has 0 bridgehead atoms. The van der Waals surface area contributed by atoms with Crippen LogP contribution in [0.5, 0.6) is 5.75 Å². The van der Waals surface area contributed by atoms with Crippen molar-refractivity contribution >= 4 is 40.6 Å². The maximum absolute atomic E-state index is 12.7. The first-order valence-corrected chi connectivity index (χ1v) is 14.4. The lowest BCUT2D eigenvalue weighted by atomic mass is 9.93. The van der Waals surface area contributed by atoms with E-state index >= 15 is 0 Å². The van der Waals surface area contributed by atoms with Crippen molar-refractivity contribution in [2.45, 2.75) is 46.3 Å².